The van der Waals surface area contributed by atoms with Crippen LogP contribution in [-0.2, 0) is 16.6 Å². The first-order chi connectivity index (χ1) is 14.8. The van der Waals surface area contributed by atoms with Gasteiger partial charge in [-0.25, -0.2) is 22.1 Å². The maximum atomic E-state index is 13.4. The van der Waals surface area contributed by atoms with E-state index in [2.05, 4.69) is 9.97 Å². The largest absolute Gasteiger partial charge is 0.337 e. The number of imidazole rings is 1. The number of nitrogens with zero attached hydrogens (tertiary/aromatic N) is 3. The summed E-state index contributed by atoms with van der Waals surface area (Å²) >= 11 is 0. The Morgan fingerprint density at radius 2 is 1.52 bits per heavy atom. The third-order valence-electron chi connectivity index (χ3n) is 4.99. The van der Waals surface area contributed by atoms with Gasteiger partial charge in [0, 0.05) is 42.7 Å². The lowest BCUT2D eigenvalue weighted by atomic mass is 10.1. The lowest BCUT2D eigenvalue weighted by Crippen LogP contribution is -2.24. The molecule has 31 heavy (non-hydrogen) atoms. The van der Waals surface area contributed by atoms with E-state index in [-0.39, 0.29) is 5.82 Å². The van der Waals surface area contributed by atoms with Crippen molar-refractivity contribution in [2.75, 3.05) is 13.3 Å². The number of halogens is 1. The minimum absolute atomic E-state index is 0.292. The van der Waals surface area contributed by atoms with Crippen molar-refractivity contribution in [1.82, 2.24) is 19.3 Å². The van der Waals surface area contributed by atoms with Crippen LogP contribution in [0.25, 0.3) is 33.9 Å². The zero-order valence-electron chi connectivity index (χ0n) is 17.1. The topological polar surface area (TPSA) is 79.0 Å². The Kier molecular flexibility index (Phi) is 5.67. The number of sulfonamides is 1. The van der Waals surface area contributed by atoms with E-state index in [9.17, 15) is 12.8 Å². The van der Waals surface area contributed by atoms with Crippen molar-refractivity contribution < 1.29 is 12.8 Å². The Morgan fingerprint density at radius 1 is 0.903 bits per heavy atom. The number of hydrogen-bond donors (Lipinski definition) is 1. The van der Waals surface area contributed by atoms with Gasteiger partial charge in [-0.15, -0.1) is 0 Å². The van der Waals surface area contributed by atoms with E-state index < -0.39 is 10.0 Å². The van der Waals surface area contributed by atoms with Crippen LogP contribution in [-0.4, -0.2) is 41.0 Å². The lowest BCUT2D eigenvalue weighted by molar-refractivity contribution is 0.472. The summed E-state index contributed by atoms with van der Waals surface area (Å²) in [5.74, 6) is 0.355. The molecule has 0 radical (unpaired) electrons. The van der Waals surface area contributed by atoms with Crippen LogP contribution in [0.4, 0.5) is 4.39 Å². The van der Waals surface area contributed by atoms with Crippen LogP contribution >= 0.6 is 0 Å². The second-order valence-electron chi connectivity index (χ2n) is 7.27. The molecule has 6 nitrogen and oxygen atoms in total. The molecular weight excluding hydrogens is 415 g/mol. The summed E-state index contributed by atoms with van der Waals surface area (Å²) in [6.45, 7) is 0.292. The maximum Gasteiger partial charge on any atom is 0.211 e. The summed E-state index contributed by atoms with van der Waals surface area (Å²) in [5, 5.41) is 0. The molecule has 0 unspecified atom stereocenters. The summed E-state index contributed by atoms with van der Waals surface area (Å²) in [6.07, 6.45) is 4.59. The standard InChI is InChI=1S/C23H21FN4O2S/c1-28(31(2,29)30)15-16-3-5-19(6-4-16)23-26-21(17-7-9-20(24)10-8-17)22(27-23)18-11-13-25-14-12-18/h3-14H,15H2,1-2H3,(H,26,27). The number of nitrogens with one attached hydrogen (secondary N) is 1. The predicted octanol–water partition coefficient (Wildman–Crippen LogP) is 4.34. The molecule has 2 aromatic carbocycles. The van der Waals surface area contributed by atoms with Crippen molar-refractivity contribution in [1.29, 1.82) is 0 Å². The highest BCUT2D eigenvalue weighted by molar-refractivity contribution is 7.88. The Labute approximate surface area is 180 Å². The summed E-state index contributed by atoms with van der Waals surface area (Å²) in [5.41, 5.74) is 4.96. The number of aromatic nitrogens is 3. The van der Waals surface area contributed by atoms with Crippen LogP contribution in [0.3, 0.4) is 0 Å². The Hall–Kier alpha value is -3.36. The van der Waals surface area contributed by atoms with E-state index in [4.69, 9.17) is 4.98 Å². The fourth-order valence-corrected chi connectivity index (χ4v) is 3.58. The van der Waals surface area contributed by atoms with Crippen LogP contribution in [0.15, 0.2) is 73.1 Å². The molecule has 0 saturated heterocycles. The van der Waals surface area contributed by atoms with Gasteiger partial charge in [-0.2, -0.15) is 0 Å². The molecule has 8 heteroatoms. The molecule has 0 aliphatic rings. The number of benzene rings is 2. The monoisotopic (exact) mass is 436 g/mol. The number of pyridine rings is 1. The molecule has 4 rings (SSSR count). The highest BCUT2D eigenvalue weighted by Gasteiger charge is 2.16. The zero-order valence-corrected chi connectivity index (χ0v) is 17.9. The van der Waals surface area contributed by atoms with E-state index in [1.165, 1.54) is 22.7 Å². The quantitative estimate of drug-likeness (QED) is 0.488. The Bertz CT molecular complexity index is 1290. The Balaban J connectivity index is 1.71. The fraction of sp³-hybridized carbons (Fsp3) is 0.130. The normalized spacial score (nSPS) is 11.7. The SMILES string of the molecule is CN(Cc1ccc(-c2nc(-c3ccc(F)cc3)c(-c3ccncc3)[nH]2)cc1)S(C)(=O)=O. The minimum Gasteiger partial charge on any atom is -0.337 e. The lowest BCUT2D eigenvalue weighted by Gasteiger charge is -2.14. The van der Waals surface area contributed by atoms with Gasteiger partial charge in [-0.05, 0) is 42.0 Å². The van der Waals surface area contributed by atoms with Gasteiger partial charge >= 0.3 is 0 Å². The van der Waals surface area contributed by atoms with Gasteiger partial charge in [-0.1, -0.05) is 24.3 Å². The van der Waals surface area contributed by atoms with Crippen LogP contribution in [0.2, 0.25) is 0 Å². The highest BCUT2D eigenvalue weighted by Crippen LogP contribution is 2.33. The second-order valence-corrected chi connectivity index (χ2v) is 9.36. The Morgan fingerprint density at radius 3 is 2.13 bits per heavy atom. The third-order valence-corrected chi connectivity index (χ3v) is 6.25. The second kappa shape index (κ2) is 8.41. The zero-order chi connectivity index (χ0) is 22.0. The fourth-order valence-electron chi connectivity index (χ4n) is 3.20. The van der Waals surface area contributed by atoms with E-state index in [1.54, 1.807) is 31.6 Å². The van der Waals surface area contributed by atoms with E-state index >= 15 is 0 Å². The van der Waals surface area contributed by atoms with Crippen molar-refractivity contribution in [2.24, 2.45) is 0 Å². The summed E-state index contributed by atoms with van der Waals surface area (Å²) in [6, 6.07) is 17.5. The van der Waals surface area contributed by atoms with Crippen molar-refractivity contribution in [3.05, 3.63) is 84.4 Å². The van der Waals surface area contributed by atoms with Crippen LogP contribution in [0.5, 0.6) is 0 Å². The van der Waals surface area contributed by atoms with Gasteiger partial charge in [0.25, 0.3) is 0 Å². The molecule has 0 aliphatic carbocycles. The highest BCUT2D eigenvalue weighted by atomic mass is 32.2. The summed E-state index contributed by atoms with van der Waals surface area (Å²) in [7, 11) is -1.70. The first-order valence-electron chi connectivity index (χ1n) is 9.58. The minimum atomic E-state index is -3.25. The van der Waals surface area contributed by atoms with Crippen LogP contribution in [0, 0.1) is 5.82 Å². The maximum absolute atomic E-state index is 13.4. The average Bonchev–Trinajstić information content (AvgIpc) is 3.20. The molecule has 4 aromatic rings. The number of hydrogen-bond acceptors (Lipinski definition) is 4. The number of aromatic amines is 1. The van der Waals surface area contributed by atoms with Crippen LogP contribution in [0.1, 0.15) is 5.56 Å². The van der Waals surface area contributed by atoms with Crippen molar-refractivity contribution >= 4 is 10.0 Å². The molecule has 0 fully saturated rings. The van der Waals surface area contributed by atoms with E-state index in [0.29, 0.717) is 18.1 Å². The van der Waals surface area contributed by atoms with Crippen molar-refractivity contribution in [3.8, 4) is 33.9 Å². The van der Waals surface area contributed by atoms with E-state index in [1.807, 2.05) is 36.4 Å². The van der Waals surface area contributed by atoms with Gasteiger partial charge in [0.1, 0.15) is 11.6 Å². The van der Waals surface area contributed by atoms with Gasteiger partial charge in [0.05, 0.1) is 17.6 Å². The number of rotatable bonds is 6. The summed E-state index contributed by atoms with van der Waals surface area (Å²) < 4.78 is 38.0. The molecule has 0 atom stereocenters. The smallest absolute Gasteiger partial charge is 0.211 e. The van der Waals surface area contributed by atoms with Gasteiger partial charge in [0.15, 0.2) is 0 Å². The molecule has 2 heterocycles. The first kappa shape index (κ1) is 20.9. The van der Waals surface area contributed by atoms with Gasteiger partial charge < -0.3 is 4.98 Å². The summed E-state index contributed by atoms with van der Waals surface area (Å²) in [4.78, 5) is 12.2. The predicted molar refractivity (Wildman–Crippen MR) is 119 cm³/mol. The molecule has 2 aromatic heterocycles. The van der Waals surface area contributed by atoms with Crippen molar-refractivity contribution in [2.45, 2.75) is 6.54 Å². The van der Waals surface area contributed by atoms with Gasteiger partial charge in [0.2, 0.25) is 10.0 Å². The molecule has 0 spiro atoms. The molecule has 0 bridgehead atoms. The first-order valence-corrected chi connectivity index (χ1v) is 11.4. The van der Waals surface area contributed by atoms with Crippen LogP contribution < -0.4 is 0 Å². The molecule has 1 N–H and O–H groups in total. The van der Waals surface area contributed by atoms with Gasteiger partial charge in [-0.3, -0.25) is 4.98 Å². The molecule has 0 amide bonds. The molecule has 158 valence electrons. The molecule has 0 saturated carbocycles. The molecule has 0 aliphatic heterocycles. The average molecular weight is 437 g/mol. The van der Waals surface area contributed by atoms with Crippen molar-refractivity contribution in [3.63, 3.8) is 0 Å². The van der Waals surface area contributed by atoms with E-state index in [0.717, 1.165) is 27.9 Å². The number of H-pyrrole nitrogens is 1. The molecular formula is C23H21FN4O2S. The third kappa shape index (κ3) is 4.70.